The lowest BCUT2D eigenvalue weighted by atomic mass is 10.1. The van der Waals surface area contributed by atoms with E-state index in [9.17, 15) is 9.59 Å². The minimum Gasteiger partial charge on any atom is -0.457 e. The molecule has 0 saturated carbocycles. The molecule has 0 spiro atoms. The van der Waals surface area contributed by atoms with Gasteiger partial charge in [0.05, 0.1) is 6.07 Å². The van der Waals surface area contributed by atoms with Gasteiger partial charge in [-0.15, -0.1) is 0 Å². The first-order chi connectivity index (χ1) is 12.1. The lowest BCUT2D eigenvalue weighted by Gasteiger charge is -2.05. The summed E-state index contributed by atoms with van der Waals surface area (Å²) in [6, 6.07) is 9.16. The average Bonchev–Trinajstić information content (AvgIpc) is 2.62. The third-order valence-electron chi connectivity index (χ3n) is 3.95. The number of rotatable bonds is 13. The Morgan fingerprint density at radius 3 is 2.08 bits per heavy atom. The van der Waals surface area contributed by atoms with Crippen LogP contribution in [-0.2, 0) is 9.53 Å². The van der Waals surface area contributed by atoms with Crippen LogP contribution in [0.3, 0.4) is 0 Å². The maximum Gasteiger partial charge on any atom is 0.306 e. The highest BCUT2D eigenvalue weighted by atomic mass is 79.9. The SMILES string of the molecule is N#CCCCCCCCCCCC(=O)OCC(=O)c1ccc(Br)cc1. The number of Topliss-reactive ketones (excluding diaryl/α,β-unsaturated/α-hetero) is 1. The molecule has 0 heterocycles. The number of unbranched alkanes of at least 4 members (excludes halogenated alkanes) is 8. The molecule has 5 heteroatoms. The number of esters is 1. The quantitative estimate of drug-likeness (QED) is 0.242. The number of ether oxygens (including phenoxy) is 1. The Balaban J connectivity index is 1.99. The van der Waals surface area contributed by atoms with Crippen molar-refractivity contribution in [1.82, 2.24) is 0 Å². The van der Waals surface area contributed by atoms with Crippen molar-refractivity contribution < 1.29 is 14.3 Å². The second-order valence-electron chi connectivity index (χ2n) is 6.08. The van der Waals surface area contributed by atoms with E-state index >= 15 is 0 Å². The number of hydrogen-bond donors (Lipinski definition) is 0. The standard InChI is InChI=1S/C20H26BrNO3/c21-18-13-11-17(12-14-18)19(23)16-25-20(24)10-8-6-4-2-1-3-5-7-9-15-22/h11-14H,1-10,16H2. The minimum absolute atomic E-state index is 0.183. The van der Waals surface area contributed by atoms with Crippen molar-refractivity contribution in [3.8, 4) is 6.07 Å². The van der Waals surface area contributed by atoms with Crippen LogP contribution in [0.1, 0.15) is 74.6 Å². The van der Waals surface area contributed by atoms with E-state index < -0.39 is 0 Å². The summed E-state index contributed by atoms with van der Waals surface area (Å²) >= 11 is 3.31. The van der Waals surface area contributed by atoms with Crippen molar-refractivity contribution >= 4 is 27.7 Å². The fourth-order valence-electron chi connectivity index (χ4n) is 2.47. The highest BCUT2D eigenvalue weighted by Gasteiger charge is 2.09. The van der Waals surface area contributed by atoms with E-state index in [1.807, 2.05) is 0 Å². The van der Waals surface area contributed by atoms with Gasteiger partial charge in [0, 0.05) is 22.9 Å². The van der Waals surface area contributed by atoms with Crippen molar-refractivity contribution in [2.45, 2.75) is 64.2 Å². The fourth-order valence-corrected chi connectivity index (χ4v) is 2.74. The summed E-state index contributed by atoms with van der Waals surface area (Å²) in [5, 5.41) is 8.44. The lowest BCUT2D eigenvalue weighted by Crippen LogP contribution is -2.13. The van der Waals surface area contributed by atoms with Crippen LogP contribution in [0.2, 0.25) is 0 Å². The van der Waals surface area contributed by atoms with E-state index in [-0.39, 0.29) is 18.4 Å². The minimum atomic E-state index is -0.304. The summed E-state index contributed by atoms with van der Waals surface area (Å²) < 4.78 is 5.95. The zero-order chi connectivity index (χ0) is 18.3. The number of halogens is 1. The van der Waals surface area contributed by atoms with Gasteiger partial charge in [0.15, 0.2) is 12.4 Å². The molecule has 0 aliphatic heterocycles. The number of benzene rings is 1. The van der Waals surface area contributed by atoms with E-state index in [0.717, 1.165) is 36.6 Å². The third-order valence-corrected chi connectivity index (χ3v) is 4.48. The lowest BCUT2D eigenvalue weighted by molar-refractivity contribution is -0.142. The predicted octanol–water partition coefficient (Wildman–Crippen LogP) is 5.60. The molecule has 0 aromatic heterocycles. The van der Waals surface area contributed by atoms with E-state index in [2.05, 4.69) is 22.0 Å². The van der Waals surface area contributed by atoms with Crippen molar-refractivity contribution in [2.75, 3.05) is 6.61 Å². The third kappa shape index (κ3) is 10.7. The molecule has 1 aromatic carbocycles. The second kappa shape index (κ2) is 13.6. The van der Waals surface area contributed by atoms with Gasteiger partial charge in [-0.1, -0.05) is 66.6 Å². The van der Waals surface area contributed by atoms with Gasteiger partial charge in [-0.2, -0.15) is 5.26 Å². The van der Waals surface area contributed by atoms with Gasteiger partial charge in [0.1, 0.15) is 0 Å². The van der Waals surface area contributed by atoms with Gasteiger partial charge in [0.25, 0.3) is 0 Å². The number of hydrogen-bond acceptors (Lipinski definition) is 4. The largest absolute Gasteiger partial charge is 0.457 e. The number of carbonyl (C=O) groups is 2. The molecule has 0 fully saturated rings. The molecule has 0 aliphatic rings. The molecule has 0 unspecified atom stereocenters. The van der Waals surface area contributed by atoms with Crippen LogP contribution in [0, 0.1) is 11.3 Å². The Morgan fingerprint density at radius 1 is 0.920 bits per heavy atom. The van der Waals surface area contributed by atoms with Crippen LogP contribution in [0.5, 0.6) is 0 Å². The Labute approximate surface area is 158 Å². The van der Waals surface area contributed by atoms with Crippen LogP contribution < -0.4 is 0 Å². The van der Waals surface area contributed by atoms with Gasteiger partial charge < -0.3 is 4.74 Å². The summed E-state index contributed by atoms with van der Waals surface area (Å²) in [7, 11) is 0. The van der Waals surface area contributed by atoms with Crippen LogP contribution in [0.4, 0.5) is 0 Å². The van der Waals surface area contributed by atoms with Gasteiger partial charge in [-0.3, -0.25) is 9.59 Å². The van der Waals surface area contributed by atoms with E-state index in [1.54, 1.807) is 24.3 Å². The Morgan fingerprint density at radius 2 is 1.48 bits per heavy atom. The van der Waals surface area contributed by atoms with Crippen molar-refractivity contribution in [3.05, 3.63) is 34.3 Å². The van der Waals surface area contributed by atoms with Gasteiger partial charge in [-0.25, -0.2) is 0 Å². The molecule has 25 heavy (non-hydrogen) atoms. The van der Waals surface area contributed by atoms with E-state index in [0.29, 0.717) is 18.4 Å². The molecule has 0 atom stereocenters. The monoisotopic (exact) mass is 407 g/mol. The zero-order valence-corrected chi connectivity index (χ0v) is 16.2. The molecule has 0 saturated heterocycles. The molecule has 0 amide bonds. The zero-order valence-electron chi connectivity index (χ0n) is 14.6. The van der Waals surface area contributed by atoms with Crippen LogP contribution in [-0.4, -0.2) is 18.4 Å². The van der Waals surface area contributed by atoms with Crippen molar-refractivity contribution in [1.29, 1.82) is 5.26 Å². The highest BCUT2D eigenvalue weighted by molar-refractivity contribution is 9.10. The van der Waals surface area contributed by atoms with Gasteiger partial charge >= 0.3 is 5.97 Å². The Bertz CT molecular complexity index is 563. The topological polar surface area (TPSA) is 67.2 Å². The van der Waals surface area contributed by atoms with Crippen molar-refractivity contribution in [3.63, 3.8) is 0 Å². The first kappa shape index (κ1) is 21.4. The summed E-state index contributed by atoms with van der Waals surface area (Å²) in [5.41, 5.74) is 0.547. The maximum atomic E-state index is 11.9. The normalized spacial score (nSPS) is 10.2. The molecule has 0 radical (unpaired) electrons. The molecule has 1 aromatic rings. The van der Waals surface area contributed by atoms with Crippen molar-refractivity contribution in [2.24, 2.45) is 0 Å². The van der Waals surface area contributed by atoms with E-state index in [4.69, 9.17) is 10.00 Å². The number of carbonyl (C=O) groups excluding carboxylic acids is 2. The molecular weight excluding hydrogens is 382 g/mol. The molecule has 0 aliphatic carbocycles. The summed E-state index contributed by atoms with van der Waals surface area (Å²) in [6.45, 7) is -0.191. The molecule has 0 bridgehead atoms. The fraction of sp³-hybridized carbons (Fsp3) is 0.550. The molecule has 1 rings (SSSR count). The predicted molar refractivity (Wildman–Crippen MR) is 101 cm³/mol. The first-order valence-electron chi connectivity index (χ1n) is 8.95. The summed E-state index contributed by atoms with van der Waals surface area (Å²) in [5.74, 6) is -0.487. The molecule has 136 valence electrons. The summed E-state index contributed by atoms with van der Waals surface area (Å²) in [4.78, 5) is 23.6. The number of nitrogens with zero attached hydrogens (tertiary/aromatic N) is 1. The molecule has 4 nitrogen and oxygen atoms in total. The van der Waals surface area contributed by atoms with Gasteiger partial charge in [-0.05, 0) is 25.0 Å². The Kier molecular flexibility index (Phi) is 11.6. The molecular formula is C20H26BrNO3. The average molecular weight is 408 g/mol. The van der Waals surface area contributed by atoms with Crippen LogP contribution in [0.15, 0.2) is 28.7 Å². The highest BCUT2D eigenvalue weighted by Crippen LogP contribution is 2.12. The second-order valence-corrected chi connectivity index (χ2v) is 6.99. The van der Waals surface area contributed by atoms with Crippen LogP contribution in [0.25, 0.3) is 0 Å². The first-order valence-corrected chi connectivity index (χ1v) is 9.74. The van der Waals surface area contributed by atoms with Gasteiger partial charge in [0.2, 0.25) is 0 Å². The maximum absolute atomic E-state index is 11.9. The smallest absolute Gasteiger partial charge is 0.306 e. The number of nitriles is 1. The summed E-state index contributed by atoms with van der Waals surface area (Å²) in [6.07, 6.45) is 9.63. The molecule has 0 N–H and O–H groups in total. The van der Waals surface area contributed by atoms with E-state index in [1.165, 1.54) is 19.3 Å². The van der Waals surface area contributed by atoms with Crippen LogP contribution >= 0.6 is 15.9 Å². The number of ketones is 1. The Hall–Kier alpha value is -1.67.